The summed E-state index contributed by atoms with van der Waals surface area (Å²) in [5, 5.41) is 10.0. The zero-order valence-electron chi connectivity index (χ0n) is 15.7. The van der Waals surface area contributed by atoms with Gasteiger partial charge in [-0.25, -0.2) is 4.79 Å². The third kappa shape index (κ3) is 4.31. The van der Waals surface area contributed by atoms with Crippen LogP contribution in [0.2, 0.25) is 0 Å². The summed E-state index contributed by atoms with van der Waals surface area (Å²) in [5.74, 6) is 0. The van der Waals surface area contributed by atoms with Crippen LogP contribution < -0.4 is 15.5 Å². The lowest BCUT2D eigenvalue weighted by atomic mass is 10.0. The molecular formula is C20H22BrN5O. The van der Waals surface area contributed by atoms with E-state index in [2.05, 4.69) is 31.7 Å². The molecule has 3 rings (SSSR count). The molecular weight excluding hydrogens is 406 g/mol. The number of carbonyl (C=O) groups is 1. The molecule has 0 saturated heterocycles. The zero-order valence-corrected chi connectivity index (χ0v) is 17.3. The molecule has 2 N–H and O–H groups in total. The second kappa shape index (κ2) is 7.84. The van der Waals surface area contributed by atoms with Gasteiger partial charge >= 0.3 is 6.03 Å². The van der Waals surface area contributed by atoms with Crippen molar-refractivity contribution in [3.63, 3.8) is 0 Å². The minimum absolute atomic E-state index is 0.286. The highest BCUT2D eigenvalue weighted by Gasteiger charge is 2.13. The maximum atomic E-state index is 12.4. The van der Waals surface area contributed by atoms with E-state index in [1.165, 1.54) is 0 Å². The number of urea groups is 1. The van der Waals surface area contributed by atoms with E-state index >= 15 is 0 Å². The van der Waals surface area contributed by atoms with Crippen molar-refractivity contribution < 1.29 is 4.79 Å². The highest BCUT2D eigenvalue weighted by Crippen LogP contribution is 2.32. The Hall–Kier alpha value is -2.80. The Labute approximate surface area is 167 Å². The van der Waals surface area contributed by atoms with E-state index in [9.17, 15) is 4.79 Å². The van der Waals surface area contributed by atoms with E-state index in [1.807, 2.05) is 80.1 Å². The molecule has 0 fully saturated rings. The largest absolute Gasteiger partial charge is 0.378 e. The molecule has 0 aliphatic carbocycles. The van der Waals surface area contributed by atoms with Gasteiger partial charge in [-0.15, -0.1) is 0 Å². The Kier molecular flexibility index (Phi) is 5.51. The molecule has 0 spiro atoms. The first-order chi connectivity index (χ1) is 12.8. The monoisotopic (exact) mass is 427 g/mol. The van der Waals surface area contributed by atoms with E-state index in [4.69, 9.17) is 0 Å². The second-order valence-corrected chi connectivity index (χ2v) is 7.37. The summed E-state index contributed by atoms with van der Waals surface area (Å²) in [6.45, 7) is 2.03. The minimum Gasteiger partial charge on any atom is -0.378 e. The molecule has 0 unspecified atom stereocenters. The Bertz CT molecular complexity index is 944. The molecule has 0 radical (unpaired) electrons. The van der Waals surface area contributed by atoms with E-state index in [0.717, 1.165) is 32.7 Å². The standard InChI is InChI=1S/C20H22BrN5O/c1-13-5-6-15(11-17(13)19-18(21)12-22-26(19)4)24-20(27)23-14-7-9-16(10-8-14)25(2)3/h5-12H,1-4H3,(H2,23,24,27). The van der Waals surface area contributed by atoms with Gasteiger partial charge in [0, 0.05) is 43.8 Å². The molecule has 1 heterocycles. The Morgan fingerprint density at radius 1 is 1.07 bits per heavy atom. The lowest BCUT2D eigenvalue weighted by Gasteiger charge is -2.14. The van der Waals surface area contributed by atoms with Crippen LogP contribution in [-0.2, 0) is 7.05 Å². The third-order valence-corrected chi connectivity index (χ3v) is 4.87. The van der Waals surface area contributed by atoms with Gasteiger partial charge in [0.15, 0.2) is 0 Å². The normalized spacial score (nSPS) is 10.6. The van der Waals surface area contributed by atoms with Crippen LogP contribution in [0.25, 0.3) is 11.3 Å². The first-order valence-electron chi connectivity index (χ1n) is 8.49. The quantitative estimate of drug-likeness (QED) is 0.624. The average Bonchev–Trinajstić information content (AvgIpc) is 2.95. The van der Waals surface area contributed by atoms with Crippen LogP contribution in [-0.4, -0.2) is 29.9 Å². The summed E-state index contributed by atoms with van der Waals surface area (Å²) in [6, 6.07) is 13.2. The molecule has 2 aromatic carbocycles. The van der Waals surface area contributed by atoms with Crippen molar-refractivity contribution in [2.24, 2.45) is 7.05 Å². The number of anilines is 3. The molecule has 0 aliphatic heterocycles. The van der Waals surface area contributed by atoms with Crippen LogP contribution in [0.15, 0.2) is 53.1 Å². The van der Waals surface area contributed by atoms with E-state index in [0.29, 0.717) is 5.69 Å². The van der Waals surface area contributed by atoms with Crippen molar-refractivity contribution in [1.29, 1.82) is 0 Å². The molecule has 3 aromatic rings. The number of nitrogens with one attached hydrogen (secondary N) is 2. The average molecular weight is 428 g/mol. The first kappa shape index (κ1) is 19.0. The lowest BCUT2D eigenvalue weighted by molar-refractivity contribution is 0.262. The fraction of sp³-hybridized carbons (Fsp3) is 0.200. The predicted molar refractivity (Wildman–Crippen MR) is 114 cm³/mol. The van der Waals surface area contributed by atoms with Gasteiger partial charge in [-0.2, -0.15) is 5.10 Å². The number of hydrogen-bond acceptors (Lipinski definition) is 3. The number of rotatable bonds is 4. The summed E-state index contributed by atoms with van der Waals surface area (Å²) in [7, 11) is 5.85. The minimum atomic E-state index is -0.286. The summed E-state index contributed by atoms with van der Waals surface area (Å²) < 4.78 is 2.72. The number of aromatic nitrogens is 2. The number of nitrogens with zero attached hydrogens (tertiary/aromatic N) is 3. The summed E-state index contributed by atoms with van der Waals surface area (Å²) >= 11 is 3.54. The van der Waals surface area contributed by atoms with Gasteiger partial charge in [0.1, 0.15) is 0 Å². The molecule has 0 aliphatic rings. The molecule has 140 valence electrons. The fourth-order valence-electron chi connectivity index (χ4n) is 2.80. The Balaban J connectivity index is 1.76. The first-order valence-corrected chi connectivity index (χ1v) is 9.28. The maximum Gasteiger partial charge on any atom is 0.323 e. The van der Waals surface area contributed by atoms with Crippen molar-refractivity contribution in [2.75, 3.05) is 29.6 Å². The number of amides is 2. The van der Waals surface area contributed by atoms with E-state index in [1.54, 1.807) is 6.20 Å². The number of aryl methyl sites for hydroxylation is 2. The van der Waals surface area contributed by atoms with Crippen LogP contribution >= 0.6 is 15.9 Å². The van der Waals surface area contributed by atoms with Gasteiger partial charge in [0.2, 0.25) is 0 Å². The number of carbonyl (C=O) groups excluding carboxylic acids is 1. The number of halogens is 1. The van der Waals surface area contributed by atoms with Gasteiger partial charge in [-0.1, -0.05) is 6.07 Å². The molecule has 2 amide bonds. The van der Waals surface area contributed by atoms with Crippen molar-refractivity contribution in [1.82, 2.24) is 9.78 Å². The van der Waals surface area contributed by atoms with Gasteiger partial charge in [0.25, 0.3) is 0 Å². The van der Waals surface area contributed by atoms with E-state index in [-0.39, 0.29) is 6.03 Å². The second-order valence-electron chi connectivity index (χ2n) is 6.51. The fourth-order valence-corrected chi connectivity index (χ4v) is 3.37. The zero-order chi connectivity index (χ0) is 19.6. The summed E-state index contributed by atoms with van der Waals surface area (Å²) in [4.78, 5) is 14.4. The van der Waals surface area contributed by atoms with Crippen LogP contribution in [0.1, 0.15) is 5.56 Å². The molecule has 0 saturated carbocycles. The van der Waals surface area contributed by atoms with E-state index < -0.39 is 0 Å². The summed E-state index contributed by atoms with van der Waals surface area (Å²) in [5.41, 5.74) is 5.60. The number of hydrogen-bond donors (Lipinski definition) is 2. The van der Waals surface area contributed by atoms with Gasteiger partial charge in [-0.3, -0.25) is 4.68 Å². The SMILES string of the molecule is Cc1ccc(NC(=O)Nc2ccc(N(C)C)cc2)cc1-c1c(Br)cnn1C. The Morgan fingerprint density at radius 3 is 2.30 bits per heavy atom. The topological polar surface area (TPSA) is 62.2 Å². The van der Waals surface area contributed by atoms with Crippen molar-refractivity contribution in [3.05, 3.63) is 58.7 Å². The van der Waals surface area contributed by atoms with Crippen LogP contribution in [0, 0.1) is 6.92 Å². The molecule has 0 bridgehead atoms. The van der Waals surface area contributed by atoms with Crippen LogP contribution in [0.4, 0.5) is 21.9 Å². The third-order valence-electron chi connectivity index (χ3n) is 4.29. The van der Waals surface area contributed by atoms with Crippen molar-refractivity contribution in [2.45, 2.75) is 6.92 Å². The highest BCUT2D eigenvalue weighted by molar-refractivity contribution is 9.10. The van der Waals surface area contributed by atoms with Crippen molar-refractivity contribution in [3.8, 4) is 11.3 Å². The molecule has 7 heteroatoms. The molecule has 27 heavy (non-hydrogen) atoms. The predicted octanol–water partition coefficient (Wildman–Crippen LogP) is 4.87. The van der Waals surface area contributed by atoms with Gasteiger partial charge in [-0.05, 0) is 64.8 Å². The smallest absolute Gasteiger partial charge is 0.323 e. The molecule has 0 atom stereocenters. The highest BCUT2D eigenvalue weighted by atomic mass is 79.9. The summed E-state index contributed by atoms with van der Waals surface area (Å²) in [6.07, 6.45) is 1.76. The maximum absolute atomic E-state index is 12.4. The van der Waals surface area contributed by atoms with Gasteiger partial charge < -0.3 is 15.5 Å². The molecule has 1 aromatic heterocycles. The Morgan fingerprint density at radius 2 is 1.70 bits per heavy atom. The lowest BCUT2D eigenvalue weighted by Crippen LogP contribution is -2.19. The van der Waals surface area contributed by atoms with Gasteiger partial charge in [0.05, 0.1) is 16.4 Å². The number of benzene rings is 2. The van der Waals surface area contributed by atoms with Crippen LogP contribution in [0.5, 0.6) is 0 Å². The van der Waals surface area contributed by atoms with Crippen molar-refractivity contribution >= 4 is 39.0 Å². The van der Waals surface area contributed by atoms with Crippen LogP contribution in [0.3, 0.4) is 0 Å². The molecule has 6 nitrogen and oxygen atoms in total.